The molecule has 0 bridgehead atoms. The normalized spacial score (nSPS) is 10.9. The van der Waals surface area contributed by atoms with Crippen molar-refractivity contribution in [2.24, 2.45) is 0 Å². The Hall–Kier alpha value is -1.76. The monoisotopic (exact) mass is 368 g/mol. The van der Waals surface area contributed by atoms with Crippen molar-refractivity contribution in [3.8, 4) is 11.5 Å². The Morgan fingerprint density at radius 3 is 2.78 bits per heavy atom. The van der Waals surface area contributed by atoms with Crippen LogP contribution in [0.5, 0.6) is 0 Å². The Balaban J connectivity index is 1.68. The summed E-state index contributed by atoms with van der Waals surface area (Å²) in [4.78, 5) is 12.2. The molecule has 5 nitrogen and oxygen atoms in total. The fourth-order valence-electron chi connectivity index (χ4n) is 1.90. The smallest absolute Gasteiger partial charge is 0.277 e. The second kappa shape index (κ2) is 6.78. The van der Waals surface area contributed by atoms with Crippen LogP contribution in [0.1, 0.15) is 16.1 Å². The van der Waals surface area contributed by atoms with E-state index >= 15 is 0 Å². The molecule has 8 heteroatoms. The van der Waals surface area contributed by atoms with Gasteiger partial charge in [0.1, 0.15) is 5.76 Å². The first-order chi connectivity index (χ1) is 11.0. The average Bonchev–Trinajstić information content (AvgIpc) is 3.13. The molecule has 0 amide bonds. The zero-order valence-corrected chi connectivity index (χ0v) is 14.2. The lowest BCUT2D eigenvalue weighted by Gasteiger charge is -2.02. The molecule has 0 N–H and O–H groups in total. The first-order valence-corrected chi connectivity index (χ1v) is 8.28. The third kappa shape index (κ3) is 3.60. The minimum absolute atomic E-state index is 0.132. The van der Waals surface area contributed by atoms with E-state index in [1.54, 1.807) is 31.4 Å². The number of benzene rings is 1. The fourth-order valence-corrected chi connectivity index (χ4v) is 3.06. The molecule has 3 aromatic rings. The number of Topliss-reactive ketones (excluding diaryl/α,β-unsaturated/α-hetero) is 1. The molecule has 0 aliphatic carbocycles. The maximum absolute atomic E-state index is 12.2. The largest absolute Gasteiger partial charge is 0.469 e. The summed E-state index contributed by atoms with van der Waals surface area (Å²) >= 11 is 13.0. The van der Waals surface area contributed by atoms with Crippen molar-refractivity contribution in [2.75, 3.05) is 5.75 Å². The minimum Gasteiger partial charge on any atom is -0.469 e. The summed E-state index contributed by atoms with van der Waals surface area (Å²) < 4.78 is 10.7. The number of thioether (sulfide) groups is 1. The lowest BCUT2D eigenvalue weighted by molar-refractivity contribution is 0.102. The number of rotatable bonds is 5. The van der Waals surface area contributed by atoms with Crippen molar-refractivity contribution in [2.45, 2.75) is 12.1 Å². The molecule has 0 atom stereocenters. The third-order valence-electron chi connectivity index (χ3n) is 3.05. The number of carbonyl (C=O) groups is 1. The lowest BCUT2D eigenvalue weighted by Crippen LogP contribution is -2.03. The molecule has 2 aromatic heterocycles. The van der Waals surface area contributed by atoms with Crippen molar-refractivity contribution in [1.82, 2.24) is 10.2 Å². The van der Waals surface area contributed by atoms with Gasteiger partial charge in [-0.1, -0.05) is 35.0 Å². The first-order valence-electron chi connectivity index (χ1n) is 6.53. The highest BCUT2D eigenvalue weighted by atomic mass is 35.5. The van der Waals surface area contributed by atoms with Crippen molar-refractivity contribution >= 4 is 40.7 Å². The zero-order chi connectivity index (χ0) is 16.4. The number of aryl methyl sites for hydroxylation is 1. The average molecular weight is 369 g/mol. The zero-order valence-electron chi connectivity index (χ0n) is 11.9. The van der Waals surface area contributed by atoms with E-state index in [9.17, 15) is 4.79 Å². The van der Waals surface area contributed by atoms with E-state index in [4.69, 9.17) is 32.0 Å². The van der Waals surface area contributed by atoms with Crippen molar-refractivity contribution in [3.63, 3.8) is 0 Å². The summed E-state index contributed by atoms with van der Waals surface area (Å²) in [5, 5.41) is 8.97. The number of halogens is 2. The fraction of sp³-hybridized carbons (Fsp3) is 0.133. The SMILES string of the molecule is Cc1occc1-c1nnc(SCC(=O)c2ccc(Cl)cc2Cl)o1. The van der Waals surface area contributed by atoms with Crippen LogP contribution in [0.2, 0.25) is 10.0 Å². The second-order valence-electron chi connectivity index (χ2n) is 4.60. The number of hydrogen-bond acceptors (Lipinski definition) is 6. The maximum Gasteiger partial charge on any atom is 0.277 e. The third-order valence-corrected chi connectivity index (χ3v) is 4.42. The lowest BCUT2D eigenvalue weighted by atomic mass is 10.1. The van der Waals surface area contributed by atoms with Crippen LogP contribution < -0.4 is 0 Å². The molecule has 0 spiro atoms. The van der Waals surface area contributed by atoms with Gasteiger partial charge in [-0.15, -0.1) is 10.2 Å². The Bertz CT molecular complexity index is 860. The molecule has 3 rings (SSSR count). The summed E-state index contributed by atoms with van der Waals surface area (Å²) in [7, 11) is 0. The number of carbonyl (C=O) groups excluding carboxylic acids is 1. The molecule has 118 valence electrons. The summed E-state index contributed by atoms with van der Waals surface area (Å²) in [6.07, 6.45) is 1.55. The van der Waals surface area contributed by atoms with Gasteiger partial charge in [0.25, 0.3) is 11.1 Å². The Kier molecular flexibility index (Phi) is 4.75. The number of ketones is 1. The van der Waals surface area contributed by atoms with Crippen molar-refractivity contribution in [1.29, 1.82) is 0 Å². The van der Waals surface area contributed by atoms with Crippen LogP contribution in [0.4, 0.5) is 0 Å². The van der Waals surface area contributed by atoms with Crippen molar-refractivity contribution in [3.05, 3.63) is 51.9 Å². The van der Waals surface area contributed by atoms with Gasteiger partial charge in [-0.3, -0.25) is 4.79 Å². The van der Waals surface area contributed by atoms with Gasteiger partial charge in [0.05, 0.1) is 22.6 Å². The van der Waals surface area contributed by atoms with Crippen LogP contribution in [-0.2, 0) is 0 Å². The van der Waals surface area contributed by atoms with Gasteiger partial charge >= 0.3 is 0 Å². The molecular formula is C15H10Cl2N2O3S. The number of aromatic nitrogens is 2. The van der Waals surface area contributed by atoms with Crippen LogP contribution in [0.3, 0.4) is 0 Å². The van der Waals surface area contributed by atoms with E-state index in [1.165, 1.54) is 6.07 Å². The van der Waals surface area contributed by atoms with Gasteiger partial charge in [-0.05, 0) is 31.2 Å². The second-order valence-corrected chi connectivity index (χ2v) is 6.37. The molecule has 0 saturated heterocycles. The standard InChI is InChI=1S/C15H10Cl2N2O3S/c1-8-10(4-5-21-8)14-18-19-15(22-14)23-7-13(20)11-3-2-9(16)6-12(11)17/h2-6H,7H2,1H3. The van der Waals surface area contributed by atoms with Crippen LogP contribution >= 0.6 is 35.0 Å². The Morgan fingerprint density at radius 1 is 1.26 bits per heavy atom. The van der Waals surface area contributed by atoms with Crippen LogP contribution in [0, 0.1) is 6.92 Å². The number of furan rings is 1. The van der Waals surface area contributed by atoms with E-state index < -0.39 is 0 Å². The van der Waals surface area contributed by atoms with Crippen LogP contribution in [0.25, 0.3) is 11.5 Å². The van der Waals surface area contributed by atoms with E-state index in [-0.39, 0.29) is 11.5 Å². The first kappa shape index (κ1) is 16.1. The van der Waals surface area contributed by atoms with Gasteiger partial charge in [0.15, 0.2) is 5.78 Å². The highest BCUT2D eigenvalue weighted by Crippen LogP contribution is 2.27. The predicted octanol–water partition coefficient (Wildman–Crippen LogP) is 4.92. The van der Waals surface area contributed by atoms with Gasteiger partial charge in [-0.25, -0.2) is 0 Å². The molecule has 0 aliphatic heterocycles. The van der Waals surface area contributed by atoms with Gasteiger partial charge in [-0.2, -0.15) is 0 Å². The highest BCUT2D eigenvalue weighted by Gasteiger charge is 2.16. The topological polar surface area (TPSA) is 69.1 Å². The maximum atomic E-state index is 12.2. The predicted molar refractivity (Wildman–Crippen MR) is 88.3 cm³/mol. The quantitative estimate of drug-likeness (QED) is 0.470. The van der Waals surface area contributed by atoms with Gasteiger partial charge in [0.2, 0.25) is 0 Å². The van der Waals surface area contributed by atoms with Crippen molar-refractivity contribution < 1.29 is 13.6 Å². The minimum atomic E-state index is -0.143. The Morgan fingerprint density at radius 2 is 2.09 bits per heavy atom. The molecule has 1 aromatic carbocycles. The number of nitrogens with zero attached hydrogens (tertiary/aromatic N) is 2. The van der Waals surface area contributed by atoms with Crippen LogP contribution in [-0.4, -0.2) is 21.7 Å². The molecule has 2 heterocycles. The molecule has 23 heavy (non-hydrogen) atoms. The van der Waals surface area contributed by atoms with E-state index in [0.717, 1.165) is 17.3 Å². The molecule has 0 radical (unpaired) electrons. The molecular weight excluding hydrogens is 359 g/mol. The van der Waals surface area contributed by atoms with E-state index in [1.807, 2.05) is 0 Å². The molecule has 0 fully saturated rings. The highest BCUT2D eigenvalue weighted by molar-refractivity contribution is 7.99. The number of hydrogen-bond donors (Lipinski definition) is 0. The molecule has 0 aliphatic rings. The summed E-state index contributed by atoms with van der Waals surface area (Å²) in [6, 6.07) is 6.50. The van der Waals surface area contributed by atoms with E-state index in [0.29, 0.717) is 32.5 Å². The van der Waals surface area contributed by atoms with E-state index in [2.05, 4.69) is 10.2 Å². The van der Waals surface area contributed by atoms with Crippen LogP contribution in [0.15, 0.2) is 44.6 Å². The summed E-state index contributed by atoms with van der Waals surface area (Å²) in [5.74, 6) is 1.04. The van der Waals surface area contributed by atoms with Gasteiger partial charge < -0.3 is 8.83 Å². The summed E-state index contributed by atoms with van der Waals surface area (Å²) in [6.45, 7) is 1.80. The summed E-state index contributed by atoms with van der Waals surface area (Å²) in [5.41, 5.74) is 1.14. The molecule has 0 unspecified atom stereocenters. The Labute approximate surface area is 146 Å². The molecule has 0 saturated carbocycles. The van der Waals surface area contributed by atoms with Gasteiger partial charge in [0, 0.05) is 10.6 Å².